The highest BCUT2D eigenvalue weighted by atomic mass is 16.5. The van der Waals surface area contributed by atoms with E-state index in [9.17, 15) is 19.5 Å². The third kappa shape index (κ3) is 4.90. The van der Waals surface area contributed by atoms with Crippen molar-refractivity contribution < 1.29 is 28.8 Å². The molecule has 10 heteroatoms. The van der Waals surface area contributed by atoms with E-state index in [2.05, 4.69) is 15.5 Å². The molecule has 0 saturated carbocycles. The first-order valence-corrected chi connectivity index (χ1v) is 10.7. The van der Waals surface area contributed by atoms with Crippen molar-refractivity contribution in [2.24, 2.45) is 0 Å². The van der Waals surface area contributed by atoms with Crippen molar-refractivity contribution in [3.8, 4) is 11.1 Å². The Labute approximate surface area is 195 Å². The minimum Gasteiger partial charge on any atom is -0.481 e. The zero-order valence-electron chi connectivity index (χ0n) is 18.7. The van der Waals surface area contributed by atoms with Crippen LogP contribution in [0.25, 0.3) is 11.1 Å². The molecular weight excluding hydrogens is 440 g/mol. The largest absolute Gasteiger partial charge is 0.481 e. The second-order valence-electron chi connectivity index (χ2n) is 8.05. The van der Waals surface area contributed by atoms with Crippen molar-refractivity contribution >= 4 is 18.0 Å². The van der Waals surface area contributed by atoms with Crippen LogP contribution in [0.3, 0.4) is 0 Å². The molecular formula is C24H24N4O6. The molecule has 1 aliphatic rings. The molecule has 2 aromatic carbocycles. The lowest BCUT2D eigenvalue weighted by molar-refractivity contribution is -0.142. The first-order chi connectivity index (χ1) is 16.3. The Balaban J connectivity index is 1.41. The van der Waals surface area contributed by atoms with Crippen LogP contribution in [-0.4, -0.2) is 57.8 Å². The molecule has 2 amide bonds. The fraction of sp³-hybridized carbons (Fsp3) is 0.292. The molecule has 3 aromatic rings. The van der Waals surface area contributed by atoms with Crippen LogP contribution in [0.1, 0.15) is 35.2 Å². The van der Waals surface area contributed by atoms with Crippen LogP contribution in [0.5, 0.6) is 0 Å². The molecule has 1 heterocycles. The van der Waals surface area contributed by atoms with E-state index in [0.717, 1.165) is 22.3 Å². The molecule has 2 N–H and O–H groups in total. The Bertz CT molecular complexity index is 1180. The summed E-state index contributed by atoms with van der Waals surface area (Å²) in [5.41, 5.74) is 4.27. The molecule has 0 aliphatic heterocycles. The van der Waals surface area contributed by atoms with Gasteiger partial charge in [0.05, 0.1) is 13.0 Å². The lowest BCUT2D eigenvalue weighted by atomic mass is 9.98. The van der Waals surface area contributed by atoms with Gasteiger partial charge in [-0.3, -0.25) is 9.59 Å². The van der Waals surface area contributed by atoms with Gasteiger partial charge in [-0.25, -0.2) is 4.79 Å². The molecule has 1 atom stereocenters. The number of nitrogens with one attached hydrogen (secondary N) is 1. The molecule has 1 aromatic heterocycles. The number of ether oxygens (including phenoxy) is 1. The summed E-state index contributed by atoms with van der Waals surface area (Å²) in [5.74, 6) is -1.40. The van der Waals surface area contributed by atoms with Crippen molar-refractivity contribution in [3.63, 3.8) is 0 Å². The van der Waals surface area contributed by atoms with E-state index in [4.69, 9.17) is 9.26 Å². The van der Waals surface area contributed by atoms with E-state index in [1.54, 1.807) is 6.92 Å². The van der Waals surface area contributed by atoms with Gasteiger partial charge in [-0.1, -0.05) is 53.7 Å². The highest BCUT2D eigenvalue weighted by molar-refractivity contribution is 5.89. The molecule has 1 aliphatic carbocycles. The number of fused-ring (bicyclic) bond motifs is 3. The van der Waals surface area contributed by atoms with Crippen LogP contribution >= 0.6 is 0 Å². The van der Waals surface area contributed by atoms with Gasteiger partial charge >= 0.3 is 12.1 Å². The quantitative estimate of drug-likeness (QED) is 0.520. The zero-order valence-corrected chi connectivity index (χ0v) is 18.7. The third-order valence-electron chi connectivity index (χ3n) is 5.63. The van der Waals surface area contributed by atoms with Crippen molar-refractivity contribution in [1.82, 2.24) is 20.4 Å². The van der Waals surface area contributed by atoms with Crippen LogP contribution < -0.4 is 5.32 Å². The first-order valence-electron chi connectivity index (χ1n) is 10.7. The number of carboxylic acid groups (broad SMARTS) is 1. The molecule has 0 bridgehead atoms. The van der Waals surface area contributed by atoms with Gasteiger partial charge in [0.1, 0.15) is 12.6 Å². The smallest absolute Gasteiger partial charge is 0.407 e. The third-order valence-corrected chi connectivity index (χ3v) is 5.63. The van der Waals surface area contributed by atoms with Gasteiger partial charge in [0, 0.05) is 13.0 Å². The maximum absolute atomic E-state index is 12.8. The standard InChI is InChI=1S/C24H24N4O6/c1-14-25-21(34-27-14)12-28(2)23(31)20(11-22(29)30)26-24(32)33-13-19-17-9-5-3-7-15(17)16-8-4-6-10-18(16)19/h3-10,19-20H,11-13H2,1-2H3,(H,26,32)(H,29,30). The average molecular weight is 464 g/mol. The van der Waals surface area contributed by atoms with Gasteiger partial charge in [0.15, 0.2) is 5.82 Å². The van der Waals surface area contributed by atoms with Crippen LogP contribution in [0.4, 0.5) is 4.79 Å². The van der Waals surface area contributed by atoms with Crippen molar-refractivity contribution in [2.75, 3.05) is 13.7 Å². The molecule has 0 spiro atoms. The molecule has 0 saturated heterocycles. The van der Waals surface area contributed by atoms with Crippen molar-refractivity contribution in [2.45, 2.75) is 31.8 Å². The van der Waals surface area contributed by atoms with E-state index in [-0.39, 0.29) is 25.0 Å². The second kappa shape index (κ2) is 9.74. The summed E-state index contributed by atoms with van der Waals surface area (Å²) in [6.07, 6.45) is -1.47. The van der Waals surface area contributed by atoms with Gasteiger partial charge in [-0.2, -0.15) is 4.98 Å². The average Bonchev–Trinajstić information content (AvgIpc) is 3.37. The topological polar surface area (TPSA) is 135 Å². The Morgan fingerprint density at radius 3 is 2.29 bits per heavy atom. The lowest BCUT2D eigenvalue weighted by Crippen LogP contribution is -2.48. The number of aryl methyl sites for hydroxylation is 1. The van der Waals surface area contributed by atoms with Gasteiger partial charge in [-0.15, -0.1) is 0 Å². The number of alkyl carbamates (subject to hydrolysis) is 1. The maximum Gasteiger partial charge on any atom is 0.407 e. The minimum atomic E-state index is -1.32. The minimum absolute atomic E-state index is 0.0256. The normalized spacial score (nSPS) is 13.0. The van der Waals surface area contributed by atoms with Crippen molar-refractivity contribution in [3.05, 3.63) is 71.4 Å². The summed E-state index contributed by atoms with van der Waals surface area (Å²) in [6.45, 7) is 1.66. The number of carboxylic acids is 1. The fourth-order valence-electron chi connectivity index (χ4n) is 4.11. The molecule has 176 valence electrons. The predicted octanol–water partition coefficient (Wildman–Crippen LogP) is 2.72. The summed E-state index contributed by atoms with van der Waals surface area (Å²) in [5, 5.41) is 15.3. The molecule has 0 radical (unpaired) electrons. The Hall–Kier alpha value is -4.21. The van der Waals surface area contributed by atoms with Gasteiger partial charge in [-0.05, 0) is 29.2 Å². The number of amides is 2. The van der Waals surface area contributed by atoms with E-state index < -0.39 is 30.4 Å². The molecule has 0 fully saturated rings. The van der Waals surface area contributed by atoms with Gasteiger partial charge in [0.2, 0.25) is 11.8 Å². The zero-order chi connectivity index (χ0) is 24.2. The Morgan fingerprint density at radius 1 is 1.12 bits per heavy atom. The maximum atomic E-state index is 12.8. The van der Waals surface area contributed by atoms with E-state index in [1.165, 1.54) is 11.9 Å². The number of hydrogen-bond acceptors (Lipinski definition) is 7. The lowest BCUT2D eigenvalue weighted by Gasteiger charge is -2.23. The summed E-state index contributed by atoms with van der Waals surface area (Å²) in [4.78, 5) is 41.9. The molecule has 4 rings (SSSR count). The number of nitrogens with zero attached hydrogens (tertiary/aromatic N) is 3. The highest BCUT2D eigenvalue weighted by Crippen LogP contribution is 2.44. The number of hydrogen-bond donors (Lipinski definition) is 2. The Morgan fingerprint density at radius 2 is 1.74 bits per heavy atom. The molecule has 1 unspecified atom stereocenters. The Kier molecular flexibility index (Phi) is 6.58. The first kappa shape index (κ1) is 23.0. The van der Waals surface area contributed by atoms with Gasteiger partial charge < -0.3 is 24.6 Å². The van der Waals surface area contributed by atoms with E-state index in [1.807, 2.05) is 48.5 Å². The number of benzene rings is 2. The monoisotopic (exact) mass is 464 g/mol. The van der Waals surface area contributed by atoms with Crippen LogP contribution in [0, 0.1) is 6.92 Å². The number of rotatable bonds is 8. The summed E-state index contributed by atoms with van der Waals surface area (Å²) in [6, 6.07) is 14.5. The fourth-order valence-corrected chi connectivity index (χ4v) is 4.11. The second-order valence-corrected chi connectivity index (χ2v) is 8.05. The van der Waals surface area contributed by atoms with Gasteiger partial charge in [0.25, 0.3) is 0 Å². The molecule has 10 nitrogen and oxygen atoms in total. The summed E-state index contributed by atoms with van der Waals surface area (Å²) < 4.78 is 10.4. The van der Waals surface area contributed by atoms with Crippen LogP contribution in [0.15, 0.2) is 53.1 Å². The highest BCUT2D eigenvalue weighted by Gasteiger charge is 2.31. The van der Waals surface area contributed by atoms with Crippen LogP contribution in [0.2, 0.25) is 0 Å². The number of carbonyl (C=O) groups is 3. The number of carbonyl (C=O) groups excluding carboxylic acids is 2. The predicted molar refractivity (Wildman–Crippen MR) is 120 cm³/mol. The van der Waals surface area contributed by atoms with E-state index >= 15 is 0 Å². The number of likely N-dealkylation sites (N-methyl/N-ethyl adjacent to an activating group) is 1. The van der Waals surface area contributed by atoms with Crippen molar-refractivity contribution in [1.29, 1.82) is 0 Å². The summed E-state index contributed by atoms with van der Waals surface area (Å²) >= 11 is 0. The number of aromatic nitrogens is 2. The number of aliphatic carboxylic acids is 1. The molecule has 34 heavy (non-hydrogen) atoms. The van der Waals surface area contributed by atoms with Crippen LogP contribution in [-0.2, 0) is 20.9 Å². The SMILES string of the molecule is Cc1noc(CN(C)C(=O)C(CC(=O)O)NC(=O)OCC2c3ccccc3-c3ccccc32)n1. The summed E-state index contributed by atoms with van der Waals surface area (Å²) in [7, 11) is 1.45. The van der Waals surface area contributed by atoms with E-state index in [0.29, 0.717) is 5.82 Å².